The molecule has 0 aliphatic carbocycles. The molecule has 1 amide bonds. The molecule has 2 saturated heterocycles. The smallest absolute Gasteiger partial charge is 0.323 e. The lowest BCUT2D eigenvalue weighted by Crippen LogP contribution is -2.53. The number of hydrogen-bond donors (Lipinski definition) is 1. The van der Waals surface area contributed by atoms with Gasteiger partial charge >= 0.3 is 5.97 Å². The minimum Gasteiger partial charge on any atom is -0.480 e. The Morgan fingerprint density at radius 2 is 2.00 bits per heavy atom. The third kappa shape index (κ3) is 3.67. The molecule has 8 nitrogen and oxygen atoms in total. The Balaban J connectivity index is 1.69. The number of hydrogen-bond acceptors (Lipinski definition) is 5. The van der Waals surface area contributed by atoms with E-state index in [4.69, 9.17) is 5.11 Å². The van der Waals surface area contributed by atoms with E-state index in [1.165, 1.54) is 27.7 Å². The molecule has 0 radical (unpaired) electrons. The predicted octanol–water partition coefficient (Wildman–Crippen LogP) is 0.560. The summed E-state index contributed by atoms with van der Waals surface area (Å²) in [5.74, 6) is -1.17. The lowest BCUT2D eigenvalue weighted by molar-refractivity contribution is -0.149. The molecule has 0 atom stereocenters. The van der Waals surface area contributed by atoms with E-state index in [0.717, 1.165) is 0 Å². The zero-order valence-corrected chi connectivity index (χ0v) is 14.6. The Bertz CT molecular complexity index is 757. The minimum atomic E-state index is -3.56. The molecule has 3 rings (SSSR count). The minimum absolute atomic E-state index is 0.140. The zero-order chi connectivity index (χ0) is 18.1. The zero-order valence-electron chi connectivity index (χ0n) is 13.8. The van der Waals surface area contributed by atoms with Crippen LogP contribution < -0.4 is 0 Å². The number of aromatic nitrogens is 1. The molecule has 2 aliphatic heterocycles. The summed E-state index contributed by atoms with van der Waals surface area (Å²) < 4.78 is 26.8. The Labute approximate surface area is 146 Å². The number of carboxylic acid groups (broad SMARTS) is 1. The molecule has 3 heterocycles. The van der Waals surface area contributed by atoms with Gasteiger partial charge in [0, 0.05) is 38.4 Å². The van der Waals surface area contributed by atoms with Gasteiger partial charge in [0.05, 0.1) is 0 Å². The van der Waals surface area contributed by atoms with Gasteiger partial charge in [0.15, 0.2) is 0 Å². The SMILES string of the molecule is O=C(O)CN1CC2(CCC1=O)CCN(S(=O)(=O)c1cccnc1)CC2. The Hall–Kier alpha value is -2.00. The van der Waals surface area contributed by atoms with Gasteiger partial charge in [0.1, 0.15) is 11.4 Å². The maximum atomic E-state index is 12.7. The maximum Gasteiger partial charge on any atom is 0.323 e. The standard InChI is InChI=1S/C16H21N3O5S/c20-14-3-4-16(12-18(14)11-15(21)22)5-8-19(9-6-16)25(23,24)13-2-1-7-17-10-13/h1-2,7,10H,3-6,8-9,11-12H2,(H,21,22). The summed E-state index contributed by atoms with van der Waals surface area (Å²) in [6.45, 7) is 0.829. The van der Waals surface area contributed by atoms with Crippen LogP contribution in [0, 0.1) is 5.41 Å². The largest absolute Gasteiger partial charge is 0.480 e. The lowest BCUT2D eigenvalue weighted by atomic mass is 9.73. The van der Waals surface area contributed by atoms with Gasteiger partial charge in [-0.15, -0.1) is 0 Å². The van der Waals surface area contributed by atoms with Crippen LogP contribution in [0.2, 0.25) is 0 Å². The topological polar surface area (TPSA) is 108 Å². The summed E-state index contributed by atoms with van der Waals surface area (Å²) >= 11 is 0. The molecule has 0 aromatic carbocycles. The number of aliphatic carboxylic acids is 1. The molecule has 25 heavy (non-hydrogen) atoms. The highest BCUT2D eigenvalue weighted by Gasteiger charge is 2.43. The first-order chi connectivity index (χ1) is 11.8. The van der Waals surface area contributed by atoms with Crippen molar-refractivity contribution in [1.29, 1.82) is 0 Å². The summed E-state index contributed by atoms with van der Waals surface area (Å²) in [4.78, 5) is 28.3. The first-order valence-electron chi connectivity index (χ1n) is 8.22. The van der Waals surface area contributed by atoms with Crippen LogP contribution in [0.1, 0.15) is 25.7 Å². The second kappa shape index (κ2) is 6.72. The van der Waals surface area contributed by atoms with Crippen molar-refractivity contribution in [1.82, 2.24) is 14.2 Å². The first kappa shape index (κ1) is 17.8. The van der Waals surface area contributed by atoms with Crippen molar-refractivity contribution < 1.29 is 23.1 Å². The van der Waals surface area contributed by atoms with Crippen LogP contribution in [-0.2, 0) is 19.6 Å². The van der Waals surface area contributed by atoms with E-state index >= 15 is 0 Å². The van der Waals surface area contributed by atoms with Crippen molar-refractivity contribution in [3.05, 3.63) is 24.5 Å². The van der Waals surface area contributed by atoms with Gasteiger partial charge in [-0.05, 0) is 36.8 Å². The Kier molecular flexibility index (Phi) is 4.79. The number of carboxylic acids is 1. The van der Waals surface area contributed by atoms with E-state index in [1.54, 1.807) is 6.07 Å². The average molecular weight is 367 g/mol. The normalized spacial score (nSPS) is 21.4. The number of sulfonamides is 1. The quantitative estimate of drug-likeness (QED) is 0.833. The molecule has 1 spiro atoms. The third-order valence-corrected chi connectivity index (χ3v) is 7.01. The molecule has 9 heteroatoms. The number of amides is 1. The highest BCUT2D eigenvalue weighted by molar-refractivity contribution is 7.89. The summed E-state index contributed by atoms with van der Waals surface area (Å²) in [6.07, 6.45) is 5.12. The first-order valence-corrected chi connectivity index (χ1v) is 9.66. The highest BCUT2D eigenvalue weighted by atomic mass is 32.2. The number of likely N-dealkylation sites (tertiary alicyclic amines) is 1. The van der Waals surface area contributed by atoms with E-state index in [2.05, 4.69) is 4.98 Å². The van der Waals surface area contributed by atoms with Gasteiger partial charge in [0.2, 0.25) is 15.9 Å². The molecule has 1 aromatic heterocycles. The fourth-order valence-electron chi connectivity index (χ4n) is 3.67. The number of pyridine rings is 1. The van der Waals surface area contributed by atoms with E-state index in [-0.39, 0.29) is 22.8 Å². The van der Waals surface area contributed by atoms with Crippen LogP contribution in [0.3, 0.4) is 0 Å². The Morgan fingerprint density at radius 3 is 2.60 bits per heavy atom. The average Bonchev–Trinajstić information content (AvgIpc) is 2.59. The molecule has 0 bridgehead atoms. The van der Waals surface area contributed by atoms with Gasteiger partial charge in [-0.2, -0.15) is 4.31 Å². The molecule has 1 N–H and O–H groups in total. The number of rotatable bonds is 4. The molecule has 136 valence electrons. The van der Waals surface area contributed by atoms with Crippen molar-refractivity contribution in [2.45, 2.75) is 30.6 Å². The third-order valence-electron chi connectivity index (χ3n) is 5.13. The fraction of sp³-hybridized carbons (Fsp3) is 0.562. The number of nitrogens with zero attached hydrogens (tertiary/aromatic N) is 3. The van der Waals surface area contributed by atoms with Gasteiger partial charge in [-0.3, -0.25) is 14.6 Å². The summed E-state index contributed by atoms with van der Waals surface area (Å²) in [6, 6.07) is 3.12. The van der Waals surface area contributed by atoms with Gasteiger partial charge in [-0.25, -0.2) is 8.42 Å². The number of carbonyl (C=O) groups is 2. The molecular weight excluding hydrogens is 346 g/mol. The second-order valence-corrected chi connectivity index (χ2v) is 8.67. The lowest BCUT2D eigenvalue weighted by Gasteiger charge is -2.46. The number of piperidine rings is 2. The van der Waals surface area contributed by atoms with E-state index in [9.17, 15) is 18.0 Å². The second-order valence-electron chi connectivity index (χ2n) is 6.74. The fourth-order valence-corrected chi connectivity index (χ4v) is 5.07. The maximum absolute atomic E-state index is 12.7. The van der Waals surface area contributed by atoms with Crippen molar-refractivity contribution in [2.75, 3.05) is 26.2 Å². The van der Waals surface area contributed by atoms with Gasteiger partial charge < -0.3 is 10.0 Å². The van der Waals surface area contributed by atoms with Crippen LogP contribution in [0.25, 0.3) is 0 Å². The predicted molar refractivity (Wildman–Crippen MR) is 88.1 cm³/mol. The van der Waals surface area contributed by atoms with Gasteiger partial charge in [-0.1, -0.05) is 0 Å². The van der Waals surface area contributed by atoms with Crippen LogP contribution >= 0.6 is 0 Å². The molecule has 0 unspecified atom stereocenters. The van der Waals surface area contributed by atoms with E-state index in [1.807, 2.05) is 0 Å². The van der Waals surface area contributed by atoms with Crippen molar-refractivity contribution in [3.8, 4) is 0 Å². The van der Waals surface area contributed by atoms with Crippen LogP contribution in [-0.4, -0.2) is 65.8 Å². The van der Waals surface area contributed by atoms with Crippen LogP contribution in [0.5, 0.6) is 0 Å². The summed E-state index contributed by atoms with van der Waals surface area (Å²) in [7, 11) is -3.56. The van der Waals surface area contributed by atoms with Crippen molar-refractivity contribution in [2.24, 2.45) is 5.41 Å². The summed E-state index contributed by atoms with van der Waals surface area (Å²) in [5.41, 5.74) is -0.190. The van der Waals surface area contributed by atoms with Crippen LogP contribution in [0.4, 0.5) is 0 Å². The molecular formula is C16H21N3O5S. The summed E-state index contributed by atoms with van der Waals surface area (Å²) in [5, 5.41) is 8.96. The molecule has 2 fully saturated rings. The van der Waals surface area contributed by atoms with Crippen molar-refractivity contribution in [3.63, 3.8) is 0 Å². The number of carbonyl (C=O) groups excluding carboxylic acids is 1. The molecule has 0 saturated carbocycles. The molecule has 1 aromatic rings. The van der Waals surface area contributed by atoms with Crippen molar-refractivity contribution >= 4 is 21.9 Å². The van der Waals surface area contributed by atoms with E-state index < -0.39 is 16.0 Å². The monoisotopic (exact) mass is 367 g/mol. The van der Waals surface area contributed by atoms with E-state index in [0.29, 0.717) is 45.3 Å². The van der Waals surface area contributed by atoms with Crippen LogP contribution in [0.15, 0.2) is 29.4 Å². The molecule has 2 aliphatic rings. The Morgan fingerprint density at radius 1 is 1.28 bits per heavy atom. The van der Waals surface area contributed by atoms with Gasteiger partial charge in [0.25, 0.3) is 0 Å². The highest BCUT2D eigenvalue weighted by Crippen LogP contribution is 2.41.